The first-order chi connectivity index (χ1) is 11.7. The van der Waals surface area contributed by atoms with Crippen LogP contribution in [0.1, 0.15) is 58.3 Å². The van der Waals surface area contributed by atoms with Crippen LogP contribution in [0.2, 0.25) is 0 Å². The largest absolute Gasteiger partial charge is 0.379 e. The number of morpholine rings is 1. The number of unbranched alkanes of at least 4 members (excludes halogenated alkanes) is 7. The molecular weight excluding hydrogens is 306 g/mol. The summed E-state index contributed by atoms with van der Waals surface area (Å²) in [6.07, 6.45) is 9.80. The van der Waals surface area contributed by atoms with Gasteiger partial charge in [-0.2, -0.15) is 0 Å². The summed E-state index contributed by atoms with van der Waals surface area (Å²) in [6.45, 7) is 7.34. The lowest BCUT2D eigenvalue weighted by atomic mass is 10.1. The highest BCUT2D eigenvalue weighted by molar-refractivity contribution is 6.35. The second-order valence-corrected chi connectivity index (χ2v) is 6.44. The molecule has 0 aromatic heterocycles. The molecule has 140 valence electrons. The quantitative estimate of drug-likeness (QED) is 0.419. The van der Waals surface area contributed by atoms with E-state index in [9.17, 15) is 9.59 Å². The summed E-state index contributed by atoms with van der Waals surface area (Å²) in [7, 11) is 0. The average molecular weight is 341 g/mol. The Morgan fingerprint density at radius 1 is 0.833 bits per heavy atom. The van der Waals surface area contributed by atoms with E-state index in [1.165, 1.54) is 38.5 Å². The zero-order valence-corrected chi connectivity index (χ0v) is 15.3. The summed E-state index contributed by atoms with van der Waals surface area (Å²) >= 11 is 0. The number of hydrogen-bond donors (Lipinski definition) is 2. The number of carbonyl (C=O) groups is 2. The summed E-state index contributed by atoms with van der Waals surface area (Å²) in [4.78, 5) is 25.6. The molecule has 0 aromatic rings. The number of nitrogens with zero attached hydrogens (tertiary/aromatic N) is 1. The molecule has 1 aliphatic heterocycles. The van der Waals surface area contributed by atoms with Gasteiger partial charge in [0.25, 0.3) is 0 Å². The van der Waals surface area contributed by atoms with Crippen molar-refractivity contribution in [3.05, 3.63) is 0 Å². The van der Waals surface area contributed by atoms with Crippen molar-refractivity contribution < 1.29 is 14.3 Å². The lowest BCUT2D eigenvalue weighted by Gasteiger charge is -2.26. The van der Waals surface area contributed by atoms with Crippen molar-refractivity contribution in [3.63, 3.8) is 0 Å². The minimum atomic E-state index is -0.525. The fourth-order valence-corrected chi connectivity index (χ4v) is 2.77. The van der Waals surface area contributed by atoms with E-state index in [4.69, 9.17) is 4.74 Å². The van der Waals surface area contributed by atoms with Gasteiger partial charge in [0.05, 0.1) is 13.2 Å². The second-order valence-electron chi connectivity index (χ2n) is 6.44. The van der Waals surface area contributed by atoms with Gasteiger partial charge in [0.15, 0.2) is 0 Å². The van der Waals surface area contributed by atoms with Gasteiger partial charge in [0.1, 0.15) is 0 Å². The van der Waals surface area contributed by atoms with Crippen molar-refractivity contribution in [2.45, 2.75) is 58.3 Å². The lowest BCUT2D eigenvalue weighted by Crippen LogP contribution is -2.45. The van der Waals surface area contributed by atoms with Crippen LogP contribution in [0, 0.1) is 0 Å². The summed E-state index contributed by atoms with van der Waals surface area (Å²) in [5, 5.41) is 5.37. The smallest absolute Gasteiger partial charge is 0.309 e. The van der Waals surface area contributed by atoms with Gasteiger partial charge in [0, 0.05) is 32.7 Å². The van der Waals surface area contributed by atoms with Crippen molar-refractivity contribution in [1.82, 2.24) is 15.5 Å². The summed E-state index contributed by atoms with van der Waals surface area (Å²) in [5.41, 5.74) is 0. The summed E-state index contributed by atoms with van der Waals surface area (Å²) in [5.74, 6) is -1.04. The van der Waals surface area contributed by atoms with Crippen LogP contribution in [0.15, 0.2) is 0 Å². The van der Waals surface area contributed by atoms with Crippen LogP contribution >= 0.6 is 0 Å². The van der Waals surface area contributed by atoms with Crippen molar-refractivity contribution in [2.75, 3.05) is 45.9 Å². The number of rotatable bonds is 12. The minimum Gasteiger partial charge on any atom is -0.379 e. The standard InChI is InChI=1S/C18H35N3O3/c1-2-3-4-5-6-7-8-9-10-19-17(22)18(23)20-11-12-21-13-15-24-16-14-21/h2-16H2,1H3,(H,19,22)(H,20,23). The van der Waals surface area contributed by atoms with E-state index in [0.29, 0.717) is 13.1 Å². The molecule has 1 heterocycles. The SMILES string of the molecule is CCCCCCCCCCNC(=O)C(=O)NCCN1CCOCC1. The molecule has 0 unspecified atom stereocenters. The van der Waals surface area contributed by atoms with E-state index >= 15 is 0 Å². The Morgan fingerprint density at radius 2 is 1.38 bits per heavy atom. The van der Waals surface area contributed by atoms with Crippen LogP contribution in [0.4, 0.5) is 0 Å². The van der Waals surface area contributed by atoms with Gasteiger partial charge < -0.3 is 15.4 Å². The molecule has 0 aromatic carbocycles. The molecule has 0 spiro atoms. The van der Waals surface area contributed by atoms with Crippen molar-refractivity contribution >= 4 is 11.8 Å². The first kappa shape index (κ1) is 20.9. The van der Waals surface area contributed by atoms with Crippen molar-refractivity contribution in [3.8, 4) is 0 Å². The Bertz CT molecular complexity index is 344. The fourth-order valence-electron chi connectivity index (χ4n) is 2.77. The fraction of sp³-hybridized carbons (Fsp3) is 0.889. The Morgan fingerprint density at radius 3 is 2.00 bits per heavy atom. The Hall–Kier alpha value is -1.14. The monoisotopic (exact) mass is 341 g/mol. The minimum absolute atomic E-state index is 0.504. The van der Waals surface area contributed by atoms with Crippen molar-refractivity contribution in [2.24, 2.45) is 0 Å². The number of nitrogens with one attached hydrogen (secondary N) is 2. The highest BCUT2D eigenvalue weighted by atomic mass is 16.5. The second kappa shape index (κ2) is 14.2. The summed E-state index contributed by atoms with van der Waals surface area (Å²) in [6, 6.07) is 0. The molecule has 24 heavy (non-hydrogen) atoms. The molecule has 1 rings (SSSR count). The molecule has 6 heteroatoms. The molecule has 0 atom stereocenters. The van der Waals surface area contributed by atoms with Crippen LogP contribution in [-0.4, -0.2) is 62.7 Å². The lowest BCUT2D eigenvalue weighted by molar-refractivity contribution is -0.139. The van der Waals surface area contributed by atoms with Crippen LogP contribution in [0.3, 0.4) is 0 Å². The van der Waals surface area contributed by atoms with Gasteiger partial charge in [-0.15, -0.1) is 0 Å². The van der Waals surface area contributed by atoms with E-state index in [1.54, 1.807) is 0 Å². The molecular formula is C18H35N3O3. The predicted molar refractivity (Wildman–Crippen MR) is 95.9 cm³/mol. The molecule has 0 aliphatic carbocycles. The predicted octanol–water partition coefficient (Wildman–Crippen LogP) is 1.69. The van der Waals surface area contributed by atoms with E-state index in [-0.39, 0.29) is 0 Å². The molecule has 6 nitrogen and oxygen atoms in total. The maximum absolute atomic E-state index is 11.7. The first-order valence-corrected chi connectivity index (χ1v) is 9.60. The number of hydrogen-bond acceptors (Lipinski definition) is 4. The maximum atomic E-state index is 11.7. The Balaban J connectivity index is 1.91. The Labute approximate surface area is 146 Å². The van der Waals surface area contributed by atoms with Crippen LogP contribution in [0.25, 0.3) is 0 Å². The van der Waals surface area contributed by atoms with E-state index in [0.717, 1.165) is 45.7 Å². The number of ether oxygens (including phenoxy) is 1. The van der Waals surface area contributed by atoms with Crippen LogP contribution in [0.5, 0.6) is 0 Å². The molecule has 1 aliphatic rings. The summed E-state index contributed by atoms with van der Waals surface area (Å²) < 4.78 is 5.27. The first-order valence-electron chi connectivity index (χ1n) is 9.60. The number of carbonyl (C=O) groups excluding carboxylic acids is 2. The maximum Gasteiger partial charge on any atom is 0.309 e. The van der Waals surface area contributed by atoms with Crippen LogP contribution < -0.4 is 10.6 Å². The third-order valence-corrected chi connectivity index (χ3v) is 4.34. The molecule has 2 N–H and O–H groups in total. The zero-order chi connectivity index (χ0) is 17.5. The molecule has 0 saturated carbocycles. The van der Waals surface area contributed by atoms with E-state index < -0.39 is 11.8 Å². The highest BCUT2D eigenvalue weighted by Crippen LogP contribution is 2.07. The Kier molecular flexibility index (Phi) is 12.4. The van der Waals surface area contributed by atoms with Gasteiger partial charge in [-0.3, -0.25) is 14.5 Å². The molecule has 0 bridgehead atoms. The third-order valence-electron chi connectivity index (χ3n) is 4.34. The van der Waals surface area contributed by atoms with E-state index in [1.807, 2.05) is 0 Å². The zero-order valence-electron chi connectivity index (χ0n) is 15.3. The van der Waals surface area contributed by atoms with Gasteiger partial charge >= 0.3 is 11.8 Å². The normalized spacial score (nSPS) is 15.2. The van der Waals surface area contributed by atoms with Gasteiger partial charge in [-0.25, -0.2) is 0 Å². The van der Waals surface area contributed by atoms with Crippen molar-refractivity contribution in [1.29, 1.82) is 0 Å². The molecule has 1 saturated heterocycles. The topological polar surface area (TPSA) is 70.7 Å². The van der Waals surface area contributed by atoms with Gasteiger partial charge in [0.2, 0.25) is 0 Å². The molecule has 1 fully saturated rings. The van der Waals surface area contributed by atoms with Gasteiger partial charge in [-0.1, -0.05) is 51.9 Å². The third kappa shape index (κ3) is 10.6. The average Bonchev–Trinajstić information content (AvgIpc) is 2.61. The molecule has 0 radical (unpaired) electrons. The molecule has 2 amide bonds. The highest BCUT2D eigenvalue weighted by Gasteiger charge is 2.14. The van der Waals surface area contributed by atoms with E-state index in [2.05, 4.69) is 22.5 Å². The number of amides is 2. The van der Waals surface area contributed by atoms with Crippen LogP contribution in [-0.2, 0) is 14.3 Å². The van der Waals surface area contributed by atoms with Gasteiger partial charge in [-0.05, 0) is 6.42 Å².